The lowest BCUT2D eigenvalue weighted by molar-refractivity contribution is -0.153. The third-order valence-corrected chi connectivity index (χ3v) is 14.3. The van der Waals surface area contributed by atoms with Gasteiger partial charge in [-0.1, -0.05) is 50.2 Å². The molecule has 12 nitrogen and oxygen atoms in total. The summed E-state index contributed by atoms with van der Waals surface area (Å²) >= 11 is 2.58. The molecule has 0 spiro atoms. The summed E-state index contributed by atoms with van der Waals surface area (Å²) in [6.45, 7) is 11.2. The fourth-order valence-electron chi connectivity index (χ4n) is 4.26. The summed E-state index contributed by atoms with van der Waals surface area (Å²) in [6.07, 6.45) is 3.68. The van der Waals surface area contributed by atoms with Gasteiger partial charge in [0.1, 0.15) is 42.3 Å². The number of esters is 1. The number of rotatable bonds is 12. The largest absolute Gasteiger partial charge is 0.497 e. The van der Waals surface area contributed by atoms with Crippen molar-refractivity contribution >= 4 is 60.0 Å². The van der Waals surface area contributed by atoms with Crippen molar-refractivity contribution in [2.45, 2.75) is 56.9 Å². The number of β-lactam (4-membered cyclic amide) rings is 1. The third-order valence-electron chi connectivity index (χ3n) is 7.83. The summed E-state index contributed by atoms with van der Waals surface area (Å²) in [5, 5.41) is 7.87. The molecule has 2 amide bonds. The van der Waals surface area contributed by atoms with Gasteiger partial charge in [-0.25, -0.2) is 9.78 Å². The van der Waals surface area contributed by atoms with E-state index in [0.717, 1.165) is 16.9 Å². The summed E-state index contributed by atoms with van der Waals surface area (Å²) in [5.41, 5.74) is 7.38. The number of nitrogens with two attached hydrogens (primary N) is 1. The van der Waals surface area contributed by atoms with Gasteiger partial charge in [-0.3, -0.25) is 14.5 Å². The SMILES string of the molecule is CO/N=C(\C(=O)N[C@@H]1C(=O)N2C(C(=O)OCc3ccc(OC)cc3)=C(/C=C\CO[Si](C)(C)C(C)(C)C)CS[C@H]12)c1csc(N)n1. The van der Waals surface area contributed by atoms with E-state index in [4.69, 9.17) is 24.5 Å². The summed E-state index contributed by atoms with van der Waals surface area (Å²) in [5.74, 6) is -0.648. The van der Waals surface area contributed by atoms with Gasteiger partial charge >= 0.3 is 5.97 Å². The van der Waals surface area contributed by atoms with Crippen molar-refractivity contribution in [1.82, 2.24) is 15.2 Å². The molecule has 0 saturated carbocycles. The molecule has 0 bridgehead atoms. The maximum absolute atomic E-state index is 13.6. The van der Waals surface area contributed by atoms with Crippen molar-refractivity contribution in [3.8, 4) is 5.75 Å². The molecule has 1 fully saturated rings. The Morgan fingerprint density at radius 3 is 2.53 bits per heavy atom. The van der Waals surface area contributed by atoms with Crippen LogP contribution in [0.4, 0.5) is 5.13 Å². The number of allylic oxidation sites excluding steroid dienone is 1. The third kappa shape index (κ3) is 7.77. The van der Waals surface area contributed by atoms with E-state index in [0.29, 0.717) is 23.7 Å². The normalized spacial score (nSPS) is 18.9. The molecule has 15 heteroatoms. The van der Waals surface area contributed by atoms with Crippen LogP contribution < -0.4 is 15.8 Å². The first-order valence-electron chi connectivity index (χ1n) is 14.2. The Labute approximate surface area is 272 Å². The number of nitrogens with one attached hydrogen (secondary N) is 1. The maximum Gasteiger partial charge on any atom is 0.355 e. The molecular weight excluding hydrogens is 635 g/mol. The standard InChI is InChI=1S/C30H39N5O7S2Si/c1-30(2,3)45(6,7)42-14-8-9-19-16-43-27-23(33-25(36)22(34-40-5)21-17-44-29(31)32-21)26(37)35(27)24(19)28(38)41-15-18-10-12-20(39-4)13-11-18/h8-13,17,23,27H,14-16H2,1-7H3,(H2,31,32)(H,33,36)/b9-8-,34-22-/t23-,27-/m1/s1. The van der Waals surface area contributed by atoms with Crippen LogP contribution in [0.25, 0.3) is 0 Å². The highest BCUT2D eigenvalue weighted by Crippen LogP contribution is 2.41. The summed E-state index contributed by atoms with van der Waals surface area (Å²) < 4.78 is 17.1. The number of thioether (sulfide) groups is 1. The average molecular weight is 674 g/mol. The second kappa shape index (κ2) is 14.2. The smallest absolute Gasteiger partial charge is 0.355 e. The molecule has 2 aliphatic heterocycles. The van der Waals surface area contributed by atoms with E-state index < -0.39 is 37.5 Å². The number of aromatic nitrogens is 1. The minimum atomic E-state index is -1.98. The van der Waals surface area contributed by atoms with Crippen LogP contribution in [0.3, 0.4) is 0 Å². The molecule has 1 saturated heterocycles. The van der Waals surface area contributed by atoms with Crippen LogP contribution in [0.15, 0.2) is 58.2 Å². The van der Waals surface area contributed by atoms with Crippen LogP contribution in [0.2, 0.25) is 18.1 Å². The van der Waals surface area contributed by atoms with Crippen molar-refractivity contribution in [2.24, 2.45) is 5.16 Å². The van der Waals surface area contributed by atoms with E-state index in [-0.39, 0.29) is 33.9 Å². The van der Waals surface area contributed by atoms with Gasteiger partial charge in [-0.05, 0) is 41.4 Å². The second-order valence-corrected chi connectivity index (χ2v) is 18.6. The topological polar surface area (TPSA) is 155 Å². The fraction of sp³-hybridized carbons (Fsp3) is 0.433. The highest BCUT2D eigenvalue weighted by molar-refractivity contribution is 8.00. The number of methoxy groups -OCH3 is 1. The molecule has 2 aromatic rings. The Balaban J connectivity index is 1.54. The Hall–Kier alpha value is -3.66. The van der Waals surface area contributed by atoms with Gasteiger partial charge in [0.2, 0.25) is 0 Å². The molecule has 0 aliphatic carbocycles. The monoisotopic (exact) mass is 673 g/mol. The second-order valence-electron chi connectivity index (χ2n) is 11.8. The van der Waals surface area contributed by atoms with Gasteiger partial charge in [0.05, 0.1) is 13.7 Å². The first-order valence-corrected chi connectivity index (χ1v) is 19.0. The van der Waals surface area contributed by atoms with Gasteiger partial charge in [-0.15, -0.1) is 23.1 Å². The number of hydrogen-bond acceptors (Lipinski definition) is 12. The summed E-state index contributed by atoms with van der Waals surface area (Å²) in [4.78, 5) is 50.6. The lowest BCUT2D eigenvalue weighted by Crippen LogP contribution is -2.71. The van der Waals surface area contributed by atoms with E-state index in [1.165, 1.54) is 23.8 Å². The molecule has 2 aliphatic rings. The van der Waals surface area contributed by atoms with Crippen LogP contribution in [-0.2, 0) is 35.0 Å². The van der Waals surface area contributed by atoms with E-state index in [1.807, 2.05) is 12.2 Å². The van der Waals surface area contributed by atoms with Crippen molar-refractivity contribution in [1.29, 1.82) is 0 Å². The molecule has 1 aromatic carbocycles. The Kier molecular flexibility index (Phi) is 10.8. The Morgan fingerprint density at radius 2 is 1.93 bits per heavy atom. The van der Waals surface area contributed by atoms with E-state index in [9.17, 15) is 14.4 Å². The van der Waals surface area contributed by atoms with Crippen LogP contribution in [0.5, 0.6) is 5.75 Å². The number of hydrogen-bond donors (Lipinski definition) is 2. The molecule has 3 N–H and O–H groups in total. The first kappa shape index (κ1) is 34.2. The van der Waals surface area contributed by atoms with Gasteiger partial charge in [0.15, 0.2) is 19.2 Å². The number of nitrogens with zero attached hydrogens (tertiary/aromatic N) is 3. The number of ether oxygens (including phenoxy) is 2. The number of thiazole rings is 1. The van der Waals surface area contributed by atoms with Gasteiger partial charge in [-0.2, -0.15) is 0 Å². The molecule has 45 heavy (non-hydrogen) atoms. The number of nitrogen functional groups attached to an aromatic ring is 1. The molecule has 2 atom stereocenters. The average Bonchev–Trinajstić information content (AvgIpc) is 3.44. The van der Waals surface area contributed by atoms with E-state index in [1.54, 1.807) is 36.8 Å². The van der Waals surface area contributed by atoms with Gasteiger partial charge < -0.3 is 29.8 Å². The zero-order valence-electron chi connectivity index (χ0n) is 26.4. The predicted octanol–water partition coefficient (Wildman–Crippen LogP) is 4.06. The lowest BCUT2D eigenvalue weighted by Gasteiger charge is -2.49. The summed E-state index contributed by atoms with van der Waals surface area (Å²) in [6, 6.07) is 6.25. The van der Waals surface area contributed by atoms with Gasteiger partial charge in [0, 0.05) is 11.1 Å². The number of anilines is 1. The number of benzene rings is 1. The highest BCUT2D eigenvalue weighted by atomic mass is 32.2. The van der Waals surface area contributed by atoms with E-state index in [2.05, 4.69) is 49.3 Å². The zero-order chi connectivity index (χ0) is 32.9. The van der Waals surface area contributed by atoms with Crippen LogP contribution in [0, 0.1) is 0 Å². The molecule has 0 radical (unpaired) electrons. The first-order chi connectivity index (χ1) is 21.3. The maximum atomic E-state index is 13.6. The molecule has 0 unspecified atom stereocenters. The fourth-order valence-corrected chi connectivity index (χ4v) is 7.08. The van der Waals surface area contributed by atoms with Crippen molar-refractivity contribution in [3.05, 3.63) is 64.3 Å². The number of carbonyl (C=O) groups excluding carboxylic acids is 3. The number of fused-ring (bicyclic) bond motifs is 1. The molecule has 1 aromatic heterocycles. The van der Waals surface area contributed by atoms with E-state index >= 15 is 0 Å². The van der Waals surface area contributed by atoms with Crippen molar-refractivity contribution in [2.75, 3.05) is 32.3 Å². The minimum absolute atomic E-state index is 0.00538. The predicted molar refractivity (Wildman–Crippen MR) is 177 cm³/mol. The van der Waals surface area contributed by atoms with Crippen LogP contribution in [0.1, 0.15) is 32.0 Å². The highest BCUT2D eigenvalue weighted by Gasteiger charge is 2.54. The molecule has 3 heterocycles. The van der Waals surface area contributed by atoms with Crippen molar-refractivity contribution < 1.29 is 33.1 Å². The van der Waals surface area contributed by atoms with Crippen molar-refractivity contribution in [3.63, 3.8) is 0 Å². The lowest BCUT2D eigenvalue weighted by atomic mass is 10.0. The number of carbonyl (C=O) groups is 3. The molecule has 242 valence electrons. The summed E-state index contributed by atoms with van der Waals surface area (Å²) in [7, 11) is 0.895. The van der Waals surface area contributed by atoms with Crippen LogP contribution >= 0.6 is 23.1 Å². The molecular formula is C30H39N5O7S2Si. The van der Waals surface area contributed by atoms with Gasteiger partial charge in [0.25, 0.3) is 11.8 Å². The van der Waals surface area contributed by atoms with Crippen LogP contribution in [-0.4, -0.2) is 79.7 Å². The molecule has 4 rings (SSSR count). The minimum Gasteiger partial charge on any atom is -0.497 e. The Morgan fingerprint density at radius 1 is 1.22 bits per heavy atom. The number of amides is 2. The Bertz CT molecular complexity index is 1520. The number of oxime groups is 1. The quantitative estimate of drug-likeness (QED) is 0.111. The zero-order valence-corrected chi connectivity index (χ0v) is 29.0.